The fourth-order valence-corrected chi connectivity index (χ4v) is 4.92. The van der Waals surface area contributed by atoms with Gasteiger partial charge in [-0.2, -0.15) is 0 Å². The van der Waals surface area contributed by atoms with E-state index < -0.39 is 6.43 Å². The molecule has 0 aliphatic carbocycles. The lowest BCUT2D eigenvalue weighted by atomic mass is 9.85. The molecular formula is C23H29F2N3O2. The van der Waals surface area contributed by atoms with Crippen molar-refractivity contribution in [3.05, 3.63) is 36.0 Å². The van der Waals surface area contributed by atoms with Crippen LogP contribution in [0.15, 0.2) is 30.5 Å². The van der Waals surface area contributed by atoms with Crippen molar-refractivity contribution in [2.75, 3.05) is 31.1 Å². The Hall–Kier alpha value is -2.12. The van der Waals surface area contributed by atoms with Crippen LogP contribution in [0, 0.1) is 11.8 Å². The number of rotatable bonds is 6. The highest BCUT2D eigenvalue weighted by atomic mass is 19.3. The minimum absolute atomic E-state index is 0.0447. The zero-order valence-corrected chi connectivity index (χ0v) is 17.5. The summed E-state index contributed by atoms with van der Waals surface area (Å²) in [6.45, 7) is 6.78. The van der Waals surface area contributed by atoms with E-state index in [-0.39, 0.29) is 29.4 Å². The number of halogens is 2. The van der Waals surface area contributed by atoms with Gasteiger partial charge in [0.05, 0.1) is 17.7 Å². The summed E-state index contributed by atoms with van der Waals surface area (Å²) < 4.78 is 26.9. The Kier molecular flexibility index (Phi) is 6.02. The highest BCUT2D eigenvalue weighted by molar-refractivity contribution is 5.94. The van der Waals surface area contributed by atoms with Gasteiger partial charge in [0, 0.05) is 55.4 Å². The summed E-state index contributed by atoms with van der Waals surface area (Å²) in [6.07, 6.45) is 0.141. The number of likely N-dealkylation sites (tertiary alicyclic amines) is 1. The molecule has 4 rings (SSSR count). The lowest BCUT2D eigenvalue weighted by Crippen LogP contribution is -2.57. The normalized spacial score (nSPS) is 24.3. The SMILES string of the molecule is CC(C(=O)C[C@@H]1C[C@H](C)CN(c2ccc(C(F)F)c3ncccc23)C1)N1CC(O)C1. The maximum atomic E-state index is 13.4. The van der Waals surface area contributed by atoms with Crippen LogP contribution in [0.5, 0.6) is 0 Å². The number of nitrogens with zero attached hydrogens (tertiary/aromatic N) is 3. The van der Waals surface area contributed by atoms with Gasteiger partial charge in [-0.3, -0.25) is 14.7 Å². The summed E-state index contributed by atoms with van der Waals surface area (Å²) >= 11 is 0. The molecule has 30 heavy (non-hydrogen) atoms. The predicted octanol–water partition coefficient (Wildman–Crippen LogP) is 3.66. The van der Waals surface area contributed by atoms with Crippen LogP contribution in [0.3, 0.4) is 0 Å². The molecule has 2 aliphatic rings. The molecule has 162 valence electrons. The fourth-order valence-electron chi connectivity index (χ4n) is 4.92. The number of carbonyl (C=O) groups is 1. The van der Waals surface area contributed by atoms with Crippen LogP contribution in [-0.4, -0.2) is 59.1 Å². The molecule has 0 amide bonds. The van der Waals surface area contributed by atoms with Gasteiger partial charge in [0.1, 0.15) is 5.78 Å². The number of aliphatic hydroxyl groups excluding tert-OH is 1. The molecule has 2 fully saturated rings. The third-order valence-corrected chi connectivity index (χ3v) is 6.49. The topological polar surface area (TPSA) is 56.7 Å². The number of hydrogen-bond donors (Lipinski definition) is 1. The molecule has 2 aromatic rings. The van der Waals surface area contributed by atoms with E-state index in [1.807, 2.05) is 17.9 Å². The second-order valence-corrected chi connectivity index (χ2v) is 8.94. The number of aliphatic hydroxyl groups is 1. The van der Waals surface area contributed by atoms with Crippen molar-refractivity contribution in [1.29, 1.82) is 0 Å². The number of ketones is 1. The molecule has 0 radical (unpaired) electrons. The third kappa shape index (κ3) is 4.18. The molecule has 2 saturated heterocycles. The van der Waals surface area contributed by atoms with Crippen LogP contribution in [0.1, 0.15) is 38.7 Å². The highest BCUT2D eigenvalue weighted by Crippen LogP contribution is 2.36. The Morgan fingerprint density at radius 3 is 2.70 bits per heavy atom. The zero-order valence-electron chi connectivity index (χ0n) is 17.5. The molecule has 0 bridgehead atoms. The first-order valence-corrected chi connectivity index (χ1v) is 10.7. The Morgan fingerprint density at radius 1 is 1.23 bits per heavy atom. The monoisotopic (exact) mass is 417 g/mol. The number of anilines is 1. The van der Waals surface area contributed by atoms with Crippen LogP contribution in [0.25, 0.3) is 10.9 Å². The third-order valence-electron chi connectivity index (χ3n) is 6.49. The predicted molar refractivity (Wildman–Crippen MR) is 113 cm³/mol. The zero-order chi connectivity index (χ0) is 21.4. The molecule has 2 aliphatic heterocycles. The fraction of sp³-hybridized carbons (Fsp3) is 0.565. The number of pyridine rings is 1. The smallest absolute Gasteiger partial charge is 0.265 e. The van der Waals surface area contributed by atoms with E-state index in [0.29, 0.717) is 30.9 Å². The minimum Gasteiger partial charge on any atom is -0.390 e. The van der Waals surface area contributed by atoms with Crippen LogP contribution >= 0.6 is 0 Å². The number of alkyl halides is 2. The van der Waals surface area contributed by atoms with Gasteiger partial charge in [0.2, 0.25) is 0 Å². The van der Waals surface area contributed by atoms with E-state index in [1.165, 1.54) is 6.07 Å². The lowest BCUT2D eigenvalue weighted by molar-refractivity contribution is -0.129. The second-order valence-electron chi connectivity index (χ2n) is 8.94. The Morgan fingerprint density at radius 2 is 2.00 bits per heavy atom. The van der Waals surface area contributed by atoms with Gasteiger partial charge in [0.25, 0.3) is 6.43 Å². The molecule has 0 saturated carbocycles. The molecule has 1 aromatic carbocycles. The van der Waals surface area contributed by atoms with Crippen molar-refractivity contribution in [2.24, 2.45) is 11.8 Å². The highest BCUT2D eigenvalue weighted by Gasteiger charge is 2.34. The number of β-amino-alcohol motifs (C(OH)–C–C–N with tert-alkyl or cyclic N) is 1. The molecule has 1 unspecified atom stereocenters. The first kappa shape index (κ1) is 21.1. The number of piperidine rings is 1. The lowest BCUT2D eigenvalue weighted by Gasteiger charge is -2.41. The van der Waals surface area contributed by atoms with Gasteiger partial charge >= 0.3 is 0 Å². The summed E-state index contributed by atoms with van der Waals surface area (Å²) in [4.78, 5) is 21.3. The average molecular weight is 418 g/mol. The standard InChI is InChI=1S/C23H29F2N3O2/c1-14-8-16(9-21(30)15(2)27-12-17(29)13-27)11-28(10-14)20-6-5-19(23(24)25)22-18(20)4-3-7-26-22/h3-7,14-17,23,29H,8-13H2,1-2H3/t14-,15?,16-/m0/s1. The van der Waals surface area contributed by atoms with E-state index in [1.54, 1.807) is 18.3 Å². The molecule has 3 atom stereocenters. The van der Waals surface area contributed by atoms with E-state index in [4.69, 9.17) is 0 Å². The van der Waals surface area contributed by atoms with Crippen molar-refractivity contribution in [3.63, 3.8) is 0 Å². The first-order valence-electron chi connectivity index (χ1n) is 10.7. The summed E-state index contributed by atoms with van der Waals surface area (Å²) in [5.74, 6) is 0.830. The molecular weight excluding hydrogens is 388 g/mol. The van der Waals surface area contributed by atoms with Gasteiger partial charge in [-0.25, -0.2) is 8.78 Å². The molecule has 1 aromatic heterocycles. The van der Waals surface area contributed by atoms with Gasteiger partial charge in [-0.05, 0) is 49.4 Å². The van der Waals surface area contributed by atoms with E-state index >= 15 is 0 Å². The maximum absolute atomic E-state index is 13.4. The number of benzene rings is 1. The molecule has 3 heterocycles. The number of carbonyl (C=O) groups excluding carboxylic acids is 1. The Bertz CT molecular complexity index is 916. The molecule has 7 heteroatoms. The molecule has 5 nitrogen and oxygen atoms in total. The Labute approximate surface area is 175 Å². The number of aromatic nitrogens is 1. The number of fused-ring (bicyclic) bond motifs is 1. The van der Waals surface area contributed by atoms with Crippen LogP contribution in [0.4, 0.5) is 14.5 Å². The number of Topliss-reactive ketones (excluding diaryl/α,β-unsaturated/α-hetero) is 1. The van der Waals surface area contributed by atoms with E-state index in [9.17, 15) is 18.7 Å². The van der Waals surface area contributed by atoms with Crippen molar-refractivity contribution < 1.29 is 18.7 Å². The van der Waals surface area contributed by atoms with Crippen molar-refractivity contribution in [3.8, 4) is 0 Å². The van der Waals surface area contributed by atoms with Crippen molar-refractivity contribution in [1.82, 2.24) is 9.88 Å². The van der Waals surface area contributed by atoms with E-state index in [2.05, 4.69) is 16.8 Å². The average Bonchev–Trinajstić information content (AvgIpc) is 2.69. The largest absolute Gasteiger partial charge is 0.390 e. The van der Waals surface area contributed by atoms with Crippen LogP contribution < -0.4 is 4.90 Å². The quantitative estimate of drug-likeness (QED) is 0.778. The summed E-state index contributed by atoms with van der Waals surface area (Å²) in [7, 11) is 0. The molecule has 0 spiro atoms. The summed E-state index contributed by atoms with van der Waals surface area (Å²) in [5.41, 5.74) is 1.21. The van der Waals surface area contributed by atoms with Crippen LogP contribution in [-0.2, 0) is 4.79 Å². The summed E-state index contributed by atoms with van der Waals surface area (Å²) in [5, 5.41) is 10.2. The maximum Gasteiger partial charge on any atom is 0.265 e. The first-order chi connectivity index (χ1) is 14.3. The van der Waals surface area contributed by atoms with Gasteiger partial charge in [-0.15, -0.1) is 0 Å². The second kappa shape index (κ2) is 8.55. The van der Waals surface area contributed by atoms with Gasteiger partial charge in [-0.1, -0.05) is 6.92 Å². The summed E-state index contributed by atoms with van der Waals surface area (Å²) in [6, 6.07) is 6.70. The van der Waals surface area contributed by atoms with Gasteiger partial charge in [0.15, 0.2) is 0 Å². The molecule has 1 N–H and O–H groups in total. The number of hydrogen-bond acceptors (Lipinski definition) is 5. The van der Waals surface area contributed by atoms with Gasteiger partial charge < -0.3 is 10.0 Å². The van der Waals surface area contributed by atoms with Crippen molar-refractivity contribution in [2.45, 2.75) is 45.3 Å². The Balaban J connectivity index is 1.53. The van der Waals surface area contributed by atoms with Crippen molar-refractivity contribution >= 4 is 22.4 Å². The van der Waals surface area contributed by atoms with E-state index in [0.717, 1.165) is 30.6 Å². The minimum atomic E-state index is -2.57. The van der Waals surface area contributed by atoms with Crippen LogP contribution in [0.2, 0.25) is 0 Å².